The zero-order valence-electron chi connectivity index (χ0n) is 8.54. The van der Waals surface area contributed by atoms with Crippen molar-refractivity contribution in [3.8, 4) is 0 Å². The largest absolute Gasteiger partial charge is 0.303 e. The molecule has 1 saturated carbocycles. The van der Waals surface area contributed by atoms with Gasteiger partial charge in [0.2, 0.25) is 0 Å². The van der Waals surface area contributed by atoms with Crippen LogP contribution in [0.15, 0.2) is 0 Å². The lowest BCUT2D eigenvalue weighted by Gasteiger charge is -2.30. The van der Waals surface area contributed by atoms with Crippen molar-refractivity contribution in [3.63, 3.8) is 0 Å². The molecule has 0 aromatic heterocycles. The first-order valence-electron chi connectivity index (χ1n) is 5.11. The number of hydrogen-bond acceptors (Lipinski definition) is 3. The average molecular weight is 196 g/mol. The van der Waals surface area contributed by atoms with Crippen molar-refractivity contribution in [2.45, 2.75) is 45.4 Å². The minimum absolute atomic E-state index is 0.0552. The lowest BCUT2D eigenvalue weighted by atomic mass is 9.70. The molecule has 0 spiro atoms. The van der Waals surface area contributed by atoms with Crippen LogP contribution in [0.3, 0.4) is 0 Å². The van der Waals surface area contributed by atoms with Gasteiger partial charge in [-0.05, 0) is 26.2 Å². The van der Waals surface area contributed by atoms with Crippen LogP contribution in [0.5, 0.6) is 0 Å². The molecule has 0 bridgehead atoms. The van der Waals surface area contributed by atoms with Crippen LogP contribution in [0, 0.1) is 5.41 Å². The highest BCUT2D eigenvalue weighted by molar-refractivity contribution is 6.08. The molecular formula is C11H16O3. The molecule has 0 amide bonds. The number of Topliss-reactive ketones (excluding diaryl/α,β-unsaturated/α-hetero) is 2. The molecule has 1 aliphatic carbocycles. The number of ketones is 2. The van der Waals surface area contributed by atoms with Crippen LogP contribution < -0.4 is 0 Å². The van der Waals surface area contributed by atoms with E-state index in [-0.39, 0.29) is 11.6 Å². The van der Waals surface area contributed by atoms with E-state index in [0.717, 1.165) is 6.29 Å². The Kier molecular flexibility index (Phi) is 3.55. The molecule has 14 heavy (non-hydrogen) atoms. The SMILES string of the molecule is CC1(CCCC=O)C(=O)CCCC1=O. The summed E-state index contributed by atoms with van der Waals surface area (Å²) >= 11 is 0. The molecule has 0 aromatic carbocycles. The second-order valence-corrected chi connectivity index (χ2v) is 4.09. The highest BCUT2D eigenvalue weighted by atomic mass is 16.2. The van der Waals surface area contributed by atoms with Crippen molar-refractivity contribution in [3.05, 3.63) is 0 Å². The Morgan fingerprint density at radius 2 is 1.86 bits per heavy atom. The van der Waals surface area contributed by atoms with Gasteiger partial charge in [-0.3, -0.25) is 9.59 Å². The van der Waals surface area contributed by atoms with Gasteiger partial charge in [0, 0.05) is 19.3 Å². The van der Waals surface area contributed by atoms with Crippen LogP contribution in [-0.2, 0) is 14.4 Å². The molecule has 1 rings (SSSR count). The van der Waals surface area contributed by atoms with Gasteiger partial charge in [0.05, 0.1) is 5.41 Å². The number of carbonyl (C=O) groups excluding carboxylic acids is 3. The molecule has 1 aliphatic rings. The maximum atomic E-state index is 11.6. The van der Waals surface area contributed by atoms with E-state index in [1.165, 1.54) is 0 Å². The summed E-state index contributed by atoms with van der Waals surface area (Å²) in [5.41, 5.74) is -0.790. The van der Waals surface area contributed by atoms with Crippen molar-refractivity contribution in [1.82, 2.24) is 0 Å². The van der Waals surface area contributed by atoms with E-state index in [0.29, 0.717) is 38.5 Å². The Hall–Kier alpha value is -0.990. The van der Waals surface area contributed by atoms with E-state index in [4.69, 9.17) is 0 Å². The van der Waals surface area contributed by atoms with Gasteiger partial charge >= 0.3 is 0 Å². The van der Waals surface area contributed by atoms with Gasteiger partial charge in [-0.15, -0.1) is 0 Å². The molecule has 1 fully saturated rings. The zero-order chi connectivity index (χ0) is 10.6. The smallest absolute Gasteiger partial charge is 0.146 e. The summed E-state index contributed by atoms with van der Waals surface area (Å²) in [6.07, 6.45) is 4.17. The first-order chi connectivity index (χ1) is 6.61. The fraction of sp³-hybridized carbons (Fsp3) is 0.727. The Balaban J connectivity index is 2.62. The molecule has 0 radical (unpaired) electrons. The van der Waals surface area contributed by atoms with Gasteiger partial charge < -0.3 is 4.79 Å². The van der Waals surface area contributed by atoms with Gasteiger partial charge in [0.15, 0.2) is 0 Å². The summed E-state index contributed by atoms with van der Waals surface area (Å²) in [6.45, 7) is 1.72. The average Bonchev–Trinajstić information content (AvgIpc) is 2.15. The third-order valence-corrected chi connectivity index (χ3v) is 3.04. The monoisotopic (exact) mass is 196 g/mol. The molecule has 78 valence electrons. The molecule has 0 N–H and O–H groups in total. The molecule has 0 heterocycles. The van der Waals surface area contributed by atoms with Crippen LogP contribution in [-0.4, -0.2) is 17.9 Å². The van der Waals surface area contributed by atoms with Gasteiger partial charge in [0.25, 0.3) is 0 Å². The second kappa shape index (κ2) is 4.49. The van der Waals surface area contributed by atoms with E-state index in [2.05, 4.69) is 0 Å². The first kappa shape index (κ1) is 11.1. The summed E-state index contributed by atoms with van der Waals surface area (Å²) in [4.78, 5) is 33.4. The summed E-state index contributed by atoms with van der Waals surface area (Å²) in [6, 6.07) is 0. The lowest BCUT2D eigenvalue weighted by molar-refractivity contribution is -0.143. The van der Waals surface area contributed by atoms with E-state index in [9.17, 15) is 14.4 Å². The molecular weight excluding hydrogens is 180 g/mol. The molecule has 0 unspecified atom stereocenters. The highest BCUT2D eigenvalue weighted by Crippen LogP contribution is 2.34. The Morgan fingerprint density at radius 3 is 2.36 bits per heavy atom. The zero-order valence-corrected chi connectivity index (χ0v) is 8.54. The second-order valence-electron chi connectivity index (χ2n) is 4.09. The van der Waals surface area contributed by atoms with Crippen LogP contribution in [0.4, 0.5) is 0 Å². The summed E-state index contributed by atoms with van der Waals surface area (Å²) in [5.74, 6) is 0.110. The van der Waals surface area contributed by atoms with Gasteiger partial charge in [-0.2, -0.15) is 0 Å². The van der Waals surface area contributed by atoms with Crippen LogP contribution in [0.25, 0.3) is 0 Å². The number of hydrogen-bond donors (Lipinski definition) is 0. The van der Waals surface area contributed by atoms with E-state index in [1.54, 1.807) is 6.92 Å². The number of carbonyl (C=O) groups is 3. The Bertz CT molecular complexity index is 239. The highest BCUT2D eigenvalue weighted by Gasteiger charge is 2.41. The normalized spacial score (nSPS) is 20.9. The minimum atomic E-state index is -0.790. The number of aldehydes is 1. The fourth-order valence-corrected chi connectivity index (χ4v) is 1.93. The molecule has 0 aromatic rings. The van der Waals surface area contributed by atoms with Crippen molar-refractivity contribution in [2.75, 3.05) is 0 Å². The number of rotatable bonds is 4. The van der Waals surface area contributed by atoms with Gasteiger partial charge in [-0.25, -0.2) is 0 Å². The molecule has 0 atom stereocenters. The predicted molar refractivity (Wildman–Crippen MR) is 51.9 cm³/mol. The molecule has 0 aliphatic heterocycles. The van der Waals surface area contributed by atoms with Gasteiger partial charge in [-0.1, -0.05) is 0 Å². The van der Waals surface area contributed by atoms with Crippen molar-refractivity contribution in [2.24, 2.45) is 5.41 Å². The fourth-order valence-electron chi connectivity index (χ4n) is 1.93. The van der Waals surface area contributed by atoms with E-state index in [1.807, 2.05) is 0 Å². The maximum absolute atomic E-state index is 11.6. The summed E-state index contributed by atoms with van der Waals surface area (Å²) in [5, 5.41) is 0. The lowest BCUT2D eigenvalue weighted by Crippen LogP contribution is -2.39. The summed E-state index contributed by atoms with van der Waals surface area (Å²) in [7, 11) is 0. The minimum Gasteiger partial charge on any atom is -0.303 e. The first-order valence-corrected chi connectivity index (χ1v) is 5.11. The van der Waals surface area contributed by atoms with E-state index < -0.39 is 5.41 Å². The van der Waals surface area contributed by atoms with Crippen molar-refractivity contribution >= 4 is 17.9 Å². The maximum Gasteiger partial charge on any atom is 0.146 e. The van der Waals surface area contributed by atoms with Crippen LogP contribution in [0.2, 0.25) is 0 Å². The van der Waals surface area contributed by atoms with Crippen LogP contribution >= 0.6 is 0 Å². The Labute approximate surface area is 83.9 Å². The van der Waals surface area contributed by atoms with Crippen molar-refractivity contribution < 1.29 is 14.4 Å². The summed E-state index contributed by atoms with van der Waals surface area (Å²) < 4.78 is 0. The van der Waals surface area contributed by atoms with Crippen LogP contribution in [0.1, 0.15) is 45.4 Å². The third-order valence-electron chi connectivity index (χ3n) is 3.04. The predicted octanol–water partition coefficient (Wildman–Crippen LogP) is 1.68. The third kappa shape index (κ3) is 2.08. The standard InChI is InChI=1S/C11H16O3/c1-11(7-2-3-8-12)9(13)5-4-6-10(11)14/h8H,2-7H2,1H3. The van der Waals surface area contributed by atoms with E-state index >= 15 is 0 Å². The van der Waals surface area contributed by atoms with Crippen molar-refractivity contribution in [1.29, 1.82) is 0 Å². The molecule has 3 heteroatoms. The number of unbranched alkanes of at least 4 members (excludes halogenated alkanes) is 1. The molecule has 3 nitrogen and oxygen atoms in total. The van der Waals surface area contributed by atoms with Gasteiger partial charge in [0.1, 0.15) is 17.9 Å². The quantitative estimate of drug-likeness (QED) is 0.390. The molecule has 0 saturated heterocycles. The Morgan fingerprint density at radius 1 is 1.29 bits per heavy atom. The topological polar surface area (TPSA) is 51.2 Å².